The molecule has 0 saturated carbocycles. The first-order valence-corrected chi connectivity index (χ1v) is 8.04. The molecule has 0 fully saturated rings. The molecule has 2 atom stereocenters. The first-order valence-electron chi connectivity index (χ1n) is 5.88. The summed E-state index contributed by atoms with van der Waals surface area (Å²) in [5.41, 5.74) is 14.3. The van der Waals surface area contributed by atoms with Crippen molar-refractivity contribution < 1.29 is 10.2 Å². The summed E-state index contributed by atoms with van der Waals surface area (Å²) < 4.78 is 1.75. The van der Waals surface area contributed by atoms with Gasteiger partial charge in [-0.15, -0.1) is 0 Å². The summed E-state index contributed by atoms with van der Waals surface area (Å²) in [7, 11) is 0. The number of hydrogen-bond donors (Lipinski definition) is 4. The fourth-order valence-corrected chi connectivity index (χ4v) is 3.68. The van der Waals surface area contributed by atoms with Crippen LogP contribution in [0.4, 0.5) is 0 Å². The Balaban J connectivity index is 2.34. The lowest BCUT2D eigenvalue weighted by molar-refractivity contribution is 0.472. The molecule has 0 aliphatic rings. The van der Waals surface area contributed by atoms with E-state index in [0.717, 1.165) is 18.3 Å². The van der Waals surface area contributed by atoms with E-state index >= 15 is 0 Å². The van der Waals surface area contributed by atoms with Crippen LogP contribution in [-0.2, 0) is 0 Å². The van der Waals surface area contributed by atoms with Crippen LogP contribution in [0.25, 0.3) is 0 Å². The Morgan fingerprint density at radius 1 is 0.750 bits per heavy atom. The first kappa shape index (κ1) is 15.8. The van der Waals surface area contributed by atoms with Gasteiger partial charge in [-0.1, -0.05) is 12.1 Å². The molecule has 0 spiro atoms. The minimum atomic E-state index is -0.388. The van der Waals surface area contributed by atoms with Gasteiger partial charge in [0.15, 0.2) is 0 Å². The highest BCUT2D eigenvalue weighted by Gasteiger charge is 2.21. The Morgan fingerprint density at radius 3 is 1.40 bits per heavy atom. The molecule has 0 aliphatic carbocycles. The van der Waals surface area contributed by atoms with Gasteiger partial charge in [-0.05, 0) is 80.6 Å². The maximum Gasteiger partial charge on any atom is 0.116 e. The van der Waals surface area contributed by atoms with Gasteiger partial charge in [0.05, 0.1) is 12.1 Å². The Kier molecular flexibility index (Phi) is 5.10. The van der Waals surface area contributed by atoms with E-state index in [1.54, 1.807) is 36.4 Å². The van der Waals surface area contributed by atoms with E-state index in [1.807, 2.05) is 0 Å². The van der Waals surface area contributed by atoms with Crippen LogP contribution in [0.15, 0.2) is 36.4 Å². The summed E-state index contributed by atoms with van der Waals surface area (Å²) in [6.45, 7) is 0. The van der Waals surface area contributed by atoms with Gasteiger partial charge < -0.3 is 21.7 Å². The molecule has 0 radical (unpaired) electrons. The van der Waals surface area contributed by atoms with E-state index in [1.165, 1.54) is 0 Å². The number of hydrogen-bond acceptors (Lipinski definition) is 4. The predicted molar refractivity (Wildman–Crippen MR) is 95.5 cm³/mol. The number of nitrogens with two attached hydrogens (primary N) is 2. The second kappa shape index (κ2) is 6.46. The van der Waals surface area contributed by atoms with Gasteiger partial charge in [0, 0.05) is 7.14 Å². The van der Waals surface area contributed by atoms with Crippen molar-refractivity contribution in [1.29, 1.82) is 0 Å². The third-order valence-corrected chi connectivity index (χ3v) is 4.94. The molecule has 0 saturated heterocycles. The molecule has 0 amide bonds. The van der Waals surface area contributed by atoms with E-state index in [2.05, 4.69) is 45.2 Å². The zero-order chi connectivity index (χ0) is 14.9. The van der Waals surface area contributed by atoms with Crippen molar-refractivity contribution in [3.8, 4) is 11.5 Å². The van der Waals surface area contributed by atoms with E-state index in [9.17, 15) is 10.2 Å². The standard InChI is InChI=1S/C14H14I2N2O2/c15-11-5-7(19)1-3-9(11)13(17)14(18)10-4-2-8(20)6-12(10)16/h1-6,13-14,19-20H,17-18H2/t13-,14+. The van der Waals surface area contributed by atoms with Gasteiger partial charge in [-0.3, -0.25) is 0 Å². The van der Waals surface area contributed by atoms with E-state index in [0.29, 0.717) is 0 Å². The van der Waals surface area contributed by atoms with E-state index < -0.39 is 0 Å². The van der Waals surface area contributed by atoms with Crippen LogP contribution in [0.2, 0.25) is 0 Å². The van der Waals surface area contributed by atoms with Crippen LogP contribution in [0.5, 0.6) is 11.5 Å². The average Bonchev–Trinajstić information content (AvgIpc) is 2.37. The van der Waals surface area contributed by atoms with Crippen molar-refractivity contribution in [3.63, 3.8) is 0 Å². The monoisotopic (exact) mass is 496 g/mol. The van der Waals surface area contributed by atoms with Crippen molar-refractivity contribution >= 4 is 45.2 Å². The van der Waals surface area contributed by atoms with Crippen LogP contribution in [0.3, 0.4) is 0 Å². The van der Waals surface area contributed by atoms with Crippen molar-refractivity contribution in [1.82, 2.24) is 0 Å². The number of rotatable bonds is 3. The highest BCUT2D eigenvalue weighted by Crippen LogP contribution is 2.32. The van der Waals surface area contributed by atoms with Crippen LogP contribution in [0.1, 0.15) is 23.2 Å². The van der Waals surface area contributed by atoms with Crippen LogP contribution < -0.4 is 11.5 Å². The molecule has 20 heavy (non-hydrogen) atoms. The molecule has 6 N–H and O–H groups in total. The summed E-state index contributed by atoms with van der Waals surface area (Å²) in [5.74, 6) is 0.413. The van der Waals surface area contributed by atoms with Gasteiger partial charge in [0.1, 0.15) is 11.5 Å². The molecule has 2 aromatic carbocycles. The van der Waals surface area contributed by atoms with Crippen molar-refractivity contribution in [3.05, 3.63) is 54.7 Å². The zero-order valence-electron chi connectivity index (χ0n) is 10.4. The lowest BCUT2D eigenvalue weighted by Crippen LogP contribution is -2.27. The summed E-state index contributed by atoms with van der Waals surface area (Å²) in [6, 6.07) is 9.32. The lowest BCUT2D eigenvalue weighted by atomic mass is 9.95. The van der Waals surface area contributed by atoms with Gasteiger partial charge >= 0.3 is 0 Å². The van der Waals surface area contributed by atoms with E-state index in [4.69, 9.17) is 11.5 Å². The highest BCUT2D eigenvalue weighted by molar-refractivity contribution is 14.1. The molecule has 0 heterocycles. The quantitative estimate of drug-likeness (QED) is 0.492. The summed E-state index contributed by atoms with van der Waals surface area (Å²) in [4.78, 5) is 0. The van der Waals surface area contributed by atoms with Crippen molar-refractivity contribution in [2.24, 2.45) is 11.5 Å². The molecule has 2 rings (SSSR count). The van der Waals surface area contributed by atoms with Gasteiger partial charge in [0.2, 0.25) is 0 Å². The van der Waals surface area contributed by atoms with Crippen LogP contribution in [0, 0.1) is 7.14 Å². The molecule has 0 aliphatic heterocycles. The molecule has 0 bridgehead atoms. The van der Waals surface area contributed by atoms with Crippen molar-refractivity contribution in [2.45, 2.75) is 12.1 Å². The number of phenolic OH excluding ortho intramolecular Hbond substituents is 2. The maximum absolute atomic E-state index is 9.44. The third kappa shape index (κ3) is 3.35. The fourth-order valence-electron chi connectivity index (χ4n) is 1.96. The second-order valence-electron chi connectivity index (χ2n) is 4.46. The lowest BCUT2D eigenvalue weighted by Gasteiger charge is -2.23. The SMILES string of the molecule is N[C@H](c1ccc(O)cc1I)[C@@H](N)c1ccc(O)cc1I. The normalized spacial score (nSPS) is 14.0. The van der Waals surface area contributed by atoms with Gasteiger partial charge in [-0.2, -0.15) is 0 Å². The van der Waals surface area contributed by atoms with Gasteiger partial charge in [-0.25, -0.2) is 0 Å². The molecule has 4 nitrogen and oxygen atoms in total. The molecule has 106 valence electrons. The number of benzene rings is 2. The molecular weight excluding hydrogens is 482 g/mol. The first-order chi connectivity index (χ1) is 9.40. The third-order valence-electron chi connectivity index (χ3n) is 3.07. The molecular formula is C14H14I2N2O2. The highest BCUT2D eigenvalue weighted by atomic mass is 127. The Hall–Kier alpha value is -0.580. The Labute approximate surface area is 144 Å². The number of aromatic hydroxyl groups is 2. The zero-order valence-corrected chi connectivity index (χ0v) is 14.7. The second-order valence-corrected chi connectivity index (χ2v) is 6.79. The topological polar surface area (TPSA) is 92.5 Å². The Morgan fingerprint density at radius 2 is 1.10 bits per heavy atom. The predicted octanol–water partition coefficient (Wildman–Crippen LogP) is 3.01. The largest absolute Gasteiger partial charge is 0.508 e. The Bertz CT molecular complexity index is 579. The van der Waals surface area contributed by atoms with Gasteiger partial charge in [0.25, 0.3) is 0 Å². The average molecular weight is 496 g/mol. The van der Waals surface area contributed by atoms with Crippen LogP contribution in [-0.4, -0.2) is 10.2 Å². The maximum atomic E-state index is 9.44. The fraction of sp³-hybridized carbons (Fsp3) is 0.143. The summed E-state index contributed by atoms with van der Waals surface area (Å²) in [6.07, 6.45) is 0. The minimum Gasteiger partial charge on any atom is -0.508 e. The summed E-state index contributed by atoms with van der Waals surface area (Å²) >= 11 is 4.26. The number of halogens is 2. The molecule has 6 heteroatoms. The van der Waals surface area contributed by atoms with E-state index in [-0.39, 0.29) is 23.6 Å². The van der Waals surface area contributed by atoms with Crippen LogP contribution >= 0.6 is 45.2 Å². The minimum absolute atomic E-state index is 0.207. The molecule has 2 aromatic rings. The molecule has 0 aromatic heterocycles. The number of phenols is 2. The van der Waals surface area contributed by atoms with Crippen molar-refractivity contribution in [2.75, 3.05) is 0 Å². The summed E-state index contributed by atoms with van der Waals surface area (Å²) in [5, 5.41) is 18.9. The smallest absolute Gasteiger partial charge is 0.116 e. The molecule has 0 unspecified atom stereocenters.